The lowest BCUT2D eigenvalue weighted by atomic mass is 10.3. The Kier molecular flexibility index (Phi) is 6.47. The summed E-state index contributed by atoms with van der Waals surface area (Å²) in [5.74, 6) is 0.269. The normalized spacial score (nSPS) is 14.7. The Hall–Kier alpha value is -2.98. The molecule has 0 bridgehead atoms. The molecule has 31 heavy (non-hydrogen) atoms. The first kappa shape index (κ1) is 21.3. The summed E-state index contributed by atoms with van der Waals surface area (Å²) in [6.45, 7) is 9.15. The van der Waals surface area contributed by atoms with Crippen LogP contribution >= 0.6 is 11.3 Å². The third-order valence-corrected chi connectivity index (χ3v) is 6.33. The number of nitrogens with zero attached hydrogens (tertiary/aromatic N) is 5. The van der Waals surface area contributed by atoms with Crippen molar-refractivity contribution in [1.29, 1.82) is 0 Å². The van der Waals surface area contributed by atoms with Gasteiger partial charge in [-0.2, -0.15) is 4.98 Å². The number of fused-ring (bicyclic) bond motifs is 1. The fourth-order valence-corrected chi connectivity index (χ4v) is 4.55. The highest BCUT2D eigenvalue weighted by Crippen LogP contribution is 2.26. The van der Waals surface area contributed by atoms with Crippen LogP contribution in [-0.4, -0.2) is 64.7 Å². The summed E-state index contributed by atoms with van der Waals surface area (Å²) in [5, 5.41) is 3.62. The number of piperazine rings is 1. The van der Waals surface area contributed by atoms with Crippen LogP contribution in [0.15, 0.2) is 35.4 Å². The summed E-state index contributed by atoms with van der Waals surface area (Å²) in [6.07, 6.45) is 1.39. The molecular formula is C21H26N6O3S. The predicted octanol–water partition coefficient (Wildman–Crippen LogP) is 2.03. The van der Waals surface area contributed by atoms with Crippen LogP contribution in [0, 0.1) is 0 Å². The molecule has 1 aliphatic rings. The molecule has 1 fully saturated rings. The lowest BCUT2D eigenvalue weighted by Crippen LogP contribution is -2.46. The summed E-state index contributed by atoms with van der Waals surface area (Å²) >= 11 is 1.34. The number of amides is 1. The molecule has 9 nitrogen and oxygen atoms in total. The average Bonchev–Trinajstić information content (AvgIpc) is 3.22. The summed E-state index contributed by atoms with van der Waals surface area (Å²) < 4.78 is 7.32. The highest BCUT2D eigenvalue weighted by atomic mass is 32.1. The minimum Gasteiger partial charge on any atom is -0.492 e. The summed E-state index contributed by atoms with van der Waals surface area (Å²) in [6, 6.07) is 7.21. The second-order valence-electron chi connectivity index (χ2n) is 7.23. The molecule has 10 heteroatoms. The lowest BCUT2D eigenvalue weighted by Gasteiger charge is -2.33. The summed E-state index contributed by atoms with van der Waals surface area (Å²) in [5.41, 5.74) is 0.748. The summed E-state index contributed by atoms with van der Waals surface area (Å²) in [7, 11) is 0. The van der Waals surface area contributed by atoms with Gasteiger partial charge in [-0.25, -0.2) is 4.98 Å². The molecule has 0 unspecified atom stereocenters. The standard InChI is InChI=1S/C21H26N6O3S/c1-3-25-9-11-26(12-10-25)21-24-19-18(31-21)20(29)27(14-22-19)13-17(28)23-15-7-5-6-8-16(15)30-4-2/h5-8,14H,3-4,9-13H2,1-2H3,(H,23,28). The van der Waals surface area contributed by atoms with Gasteiger partial charge in [-0.3, -0.25) is 14.2 Å². The van der Waals surface area contributed by atoms with Crippen molar-refractivity contribution >= 4 is 38.4 Å². The third kappa shape index (κ3) is 4.70. The van der Waals surface area contributed by atoms with Crippen LogP contribution in [0.1, 0.15) is 13.8 Å². The van der Waals surface area contributed by atoms with Crippen LogP contribution in [0.5, 0.6) is 5.75 Å². The average molecular weight is 443 g/mol. The first-order valence-electron chi connectivity index (χ1n) is 10.4. The van der Waals surface area contributed by atoms with E-state index in [0.29, 0.717) is 28.4 Å². The van der Waals surface area contributed by atoms with Crippen molar-refractivity contribution in [3.05, 3.63) is 40.9 Å². The van der Waals surface area contributed by atoms with Crippen molar-refractivity contribution in [2.45, 2.75) is 20.4 Å². The van der Waals surface area contributed by atoms with E-state index in [1.165, 1.54) is 22.2 Å². The van der Waals surface area contributed by atoms with E-state index in [1.807, 2.05) is 19.1 Å². The number of aromatic nitrogens is 3. The second kappa shape index (κ2) is 9.44. The van der Waals surface area contributed by atoms with E-state index in [4.69, 9.17) is 4.74 Å². The number of carbonyl (C=O) groups is 1. The zero-order valence-electron chi connectivity index (χ0n) is 17.7. The van der Waals surface area contributed by atoms with E-state index < -0.39 is 0 Å². The number of ether oxygens (including phenoxy) is 1. The van der Waals surface area contributed by atoms with E-state index in [0.717, 1.165) is 37.9 Å². The number of nitrogens with one attached hydrogen (secondary N) is 1. The zero-order valence-corrected chi connectivity index (χ0v) is 18.5. The van der Waals surface area contributed by atoms with Gasteiger partial charge >= 0.3 is 0 Å². The minimum atomic E-state index is -0.323. The highest BCUT2D eigenvalue weighted by molar-refractivity contribution is 7.22. The smallest absolute Gasteiger partial charge is 0.273 e. The van der Waals surface area contributed by atoms with Crippen molar-refractivity contribution in [2.24, 2.45) is 0 Å². The number of anilines is 2. The largest absolute Gasteiger partial charge is 0.492 e. The van der Waals surface area contributed by atoms with Gasteiger partial charge in [-0.1, -0.05) is 30.4 Å². The lowest BCUT2D eigenvalue weighted by molar-refractivity contribution is -0.116. The van der Waals surface area contributed by atoms with Gasteiger partial charge in [0.25, 0.3) is 5.56 Å². The molecule has 0 aliphatic carbocycles. The van der Waals surface area contributed by atoms with E-state index >= 15 is 0 Å². The van der Waals surface area contributed by atoms with Gasteiger partial charge in [0.2, 0.25) is 5.91 Å². The topological polar surface area (TPSA) is 92.6 Å². The van der Waals surface area contributed by atoms with Gasteiger partial charge in [0, 0.05) is 26.2 Å². The molecule has 1 N–H and O–H groups in total. The number of carbonyl (C=O) groups excluding carboxylic acids is 1. The van der Waals surface area contributed by atoms with E-state index in [2.05, 4.69) is 32.0 Å². The van der Waals surface area contributed by atoms with Crippen LogP contribution in [0.4, 0.5) is 10.8 Å². The van der Waals surface area contributed by atoms with Gasteiger partial charge < -0.3 is 19.9 Å². The van der Waals surface area contributed by atoms with Crippen LogP contribution in [-0.2, 0) is 11.3 Å². The maximum absolute atomic E-state index is 12.9. The molecule has 1 saturated heterocycles. The molecule has 164 valence electrons. The molecule has 0 saturated carbocycles. The third-order valence-electron chi connectivity index (χ3n) is 5.24. The Morgan fingerprint density at radius 2 is 1.97 bits per heavy atom. The maximum Gasteiger partial charge on any atom is 0.273 e. The molecule has 1 amide bonds. The van der Waals surface area contributed by atoms with Gasteiger partial charge in [0.05, 0.1) is 12.3 Å². The molecule has 3 aromatic rings. The zero-order chi connectivity index (χ0) is 21.8. The van der Waals surface area contributed by atoms with Gasteiger partial charge in [-0.15, -0.1) is 0 Å². The van der Waals surface area contributed by atoms with Gasteiger partial charge in [-0.05, 0) is 25.6 Å². The van der Waals surface area contributed by atoms with E-state index in [-0.39, 0.29) is 18.0 Å². The van der Waals surface area contributed by atoms with Gasteiger partial charge in [0.15, 0.2) is 10.8 Å². The number of thiazole rings is 1. The fraction of sp³-hybridized carbons (Fsp3) is 0.429. The number of benzene rings is 1. The SMILES string of the molecule is CCOc1ccccc1NC(=O)Cn1cnc2nc(N3CCN(CC)CC3)sc2c1=O. The maximum atomic E-state index is 12.9. The molecule has 1 aliphatic heterocycles. The Morgan fingerprint density at radius 3 is 2.71 bits per heavy atom. The van der Waals surface area contributed by atoms with Crippen LogP contribution < -0.4 is 20.5 Å². The number of hydrogen-bond donors (Lipinski definition) is 1. The molecule has 4 rings (SSSR count). The first-order chi connectivity index (χ1) is 15.1. The number of hydrogen-bond acceptors (Lipinski definition) is 8. The number of likely N-dealkylation sites (N-methyl/N-ethyl adjacent to an activating group) is 1. The Labute approximate surface area is 184 Å². The molecule has 0 spiro atoms. The van der Waals surface area contributed by atoms with Crippen LogP contribution in [0.25, 0.3) is 10.3 Å². The molecule has 2 aromatic heterocycles. The second-order valence-corrected chi connectivity index (χ2v) is 8.20. The van der Waals surface area contributed by atoms with Crippen molar-refractivity contribution in [2.75, 3.05) is 49.5 Å². The van der Waals surface area contributed by atoms with Crippen molar-refractivity contribution in [1.82, 2.24) is 19.4 Å². The van der Waals surface area contributed by atoms with E-state index in [1.54, 1.807) is 12.1 Å². The van der Waals surface area contributed by atoms with E-state index in [9.17, 15) is 9.59 Å². The first-order valence-corrected chi connectivity index (χ1v) is 11.3. The monoisotopic (exact) mass is 442 g/mol. The predicted molar refractivity (Wildman–Crippen MR) is 122 cm³/mol. The van der Waals surface area contributed by atoms with Gasteiger partial charge in [0.1, 0.15) is 23.3 Å². The van der Waals surface area contributed by atoms with Crippen LogP contribution in [0.3, 0.4) is 0 Å². The number of rotatable bonds is 7. The molecular weight excluding hydrogens is 416 g/mol. The van der Waals surface area contributed by atoms with Crippen molar-refractivity contribution in [3.8, 4) is 5.75 Å². The molecule has 1 aromatic carbocycles. The van der Waals surface area contributed by atoms with Crippen LogP contribution in [0.2, 0.25) is 0 Å². The summed E-state index contributed by atoms with van der Waals surface area (Å²) in [4.78, 5) is 39.0. The minimum absolute atomic E-state index is 0.134. The Bertz CT molecular complexity index is 1120. The Balaban J connectivity index is 1.49. The van der Waals surface area contributed by atoms with Crippen molar-refractivity contribution in [3.63, 3.8) is 0 Å². The van der Waals surface area contributed by atoms with Crippen molar-refractivity contribution < 1.29 is 9.53 Å². The highest BCUT2D eigenvalue weighted by Gasteiger charge is 2.21. The molecule has 0 radical (unpaired) electrons. The fourth-order valence-electron chi connectivity index (χ4n) is 3.53. The molecule has 3 heterocycles. The number of para-hydroxylation sites is 2. The molecule has 0 atom stereocenters. The quantitative estimate of drug-likeness (QED) is 0.598. The Morgan fingerprint density at radius 1 is 1.19 bits per heavy atom.